The van der Waals surface area contributed by atoms with Crippen LogP contribution in [0.5, 0.6) is 0 Å². The molecular weight excluding hydrogens is 295 g/mol. The van der Waals surface area contributed by atoms with Gasteiger partial charge in [-0.05, 0) is 12.1 Å². The molecule has 0 aliphatic rings. The molecule has 1 rings (SSSR count). The summed E-state index contributed by atoms with van der Waals surface area (Å²) in [5.74, 6) is -2.06. The van der Waals surface area contributed by atoms with Gasteiger partial charge in [-0.3, -0.25) is 9.59 Å². The third-order valence-corrected chi connectivity index (χ3v) is 2.65. The van der Waals surface area contributed by atoms with Crippen molar-refractivity contribution in [2.24, 2.45) is 0 Å². The molecule has 0 aliphatic carbocycles. The lowest BCUT2D eigenvalue weighted by molar-refractivity contribution is -0.122. The van der Waals surface area contributed by atoms with Gasteiger partial charge < -0.3 is 15.7 Å². The van der Waals surface area contributed by atoms with Crippen LogP contribution in [-0.4, -0.2) is 29.4 Å². The van der Waals surface area contributed by atoms with E-state index in [9.17, 15) is 14.4 Å². The Kier molecular flexibility index (Phi) is 5.14. The van der Waals surface area contributed by atoms with Crippen LogP contribution in [0.1, 0.15) is 17.3 Å². The number of carboxylic acids is 1. The van der Waals surface area contributed by atoms with E-state index in [-0.39, 0.29) is 33.7 Å². The van der Waals surface area contributed by atoms with Gasteiger partial charge in [-0.2, -0.15) is 0 Å². The first-order valence-electron chi connectivity index (χ1n) is 5.08. The van der Waals surface area contributed by atoms with Crippen LogP contribution in [-0.2, 0) is 9.59 Å². The van der Waals surface area contributed by atoms with E-state index in [1.807, 2.05) is 0 Å². The van der Waals surface area contributed by atoms with Crippen LogP contribution >= 0.6 is 23.2 Å². The average Bonchev–Trinajstić information content (AvgIpc) is 2.30. The van der Waals surface area contributed by atoms with Crippen LogP contribution in [0.15, 0.2) is 12.1 Å². The van der Waals surface area contributed by atoms with E-state index < -0.39 is 11.9 Å². The summed E-state index contributed by atoms with van der Waals surface area (Å²) in [6, 6.07) is 2.34. The van der Waals surface area contributed by atoms with Crippen LogP contribution in [0.3, 0.4) is 0 Å². The molecule has 0 fully saturated rings. The zero-order valence-corrected chi connectivity index (χ0v) is 11.3. The number of nitrogens with one attached hydrogen (secondary N) is 2. The molecule has 0 aliphatic heterocycles. The predicted molar refractivity (Wildman–Crippen MR) is 70.7 cm³/mol. The Morgan fingerprint density at radius 2 is 1.74 bits per heavy atom. The highest BCUT2D eigenvalue weighted by molar-refractivity contribution is 6.40. The van der Waals surface area contributed by atoms with Gasteiger partial charge in [0.15, 0.2) is 0 Å². The Labute approximate surface area is 118 Å². The quantitative estimate of drug-likeness (QED) is 0.790. The fraction of sp³-hybridized carbons (Fsp3) is 0.182. The van der Waals surface area contributed by atoms with Crippen molar-refractivity contribution in [1.82, 2.24) is 5.32 Å². The number of halogens is 2. The largest absolute Gasteiger partial charge is 0.478 e. The minimum absolute atomic E-state index is 0.000995. The van der Waals surface area contributed by atoms with E-state index in [0.29, 0.717) is 0 Å². The van der Waals surface area contributed by atoms with Crippen molar-refractivity contribution in [3.63, 3.8) is 0 Å². The molecule has 0 radical (unpaired) electrons. The van der Waals surface area contributed by atoms with Crippen LogP contribution in [0.2, 0.25) is 10.0 Å². The highest BCUT2D eigenvalue weighted by Gasteiger charge is 2.14. The van der Waals surface area contributed by atoms with Gasteiger partial charge in [-0.1, -0.05) is 23.2 Å². The van der Waals surface area contributed by atoms with Crippen molar-refractivity contribution in [2.75, 3.05) is 11.9 Å². The Balaban J connectivity index is 2.87. The number of hydrogen-bond donors (Lipinski definition) is 3. The second-order valence-corrected chi connectivity index (χ2v) is 4.39. The lowest BCUT2D eigenvalue weighted by Gasteiger charge is -2.10. The van der Waals surface area contributed by atoms with Crippen molar-refractivity contribution in [1.29, 1.82) is 0 Å². The Hall–Kier alpha value is -1.79. The second kappa shape index (κ2) is 6.40. The van der Waals surface area contributed by atoms with E-state index in [4.69, 9.17) is 28.3 Å². The average molecular weight is 305 g/mol. The first-order chi connectivity index (χ1) is 8.81. The molecule has 19 heavy (non-hydrogen) atoms. The molecule has 102 valence electrons. The molecule has 0 unspecified atom stereocenters. The Morgan fingerprint density at radius 1 is 1.21 bits per heavy atom. The molecule has 0 bridgehead atoms. The number of carboxylic acid groups (broad SMARTS) is 1. The molecule has 3 N–H and O–H groups in total. The lowest BCUT2D eigenvalue weighted by atomic mass is 10.2. The van der Waals surface area contributed by atoms with E-state index >= 15 is 0 Å². The molecule has 0 aromatic heterocycles. The zero-order chi connectivity index (χ0) is 14.6. The van der Waals surface area contributed by atoms with E-state index in [1.165, 1.54) is 19.1 Å². The fourth-order valence-corrected chi connectivity index (χ4v) is 1.79. The van der Waals surface area contributed by atoms with E-state index in [1.54, 1.807) is 0 Å². The summed E-state index contributed by atoms with van der Waals surface area (Å²) in [5.41, 5.74) is 0.0125. The number of benzene rings is 1. The van der Waals surface area contributed by atoms with Crippen LogP contribution in [0.25, 0.3) is 0 Å². The van der Waals surface area contributed by atoms with Crippen molar-refractivity contribution < 1.29 is 19.5 Å². The van der Waals surface area contributed by atoms with Gasteiger partial charge in [0, 0.05) is 6.92 Å². The Bertz CT molecular complexity index is 522. The number of carbonyl (C=O) groups is 3. The van der Waals surface area contributed by atoms with Gasteiger partial charge in [-0.15, -0.1) is 0 Å². The SMILES string of the molecule is CC(=O)NCC(=O)Nc1c(Cl)cc(C(=O)O)cc1Cl. The van der Waals surface area contributed by atoms with Crippen LogP contribution in [0.4, 0.5) is 5.69 Å². The fourth-order valence-electron chi connectivity index (χ4n) is 1.20. The molecule has 1 aromatic carbocycles. The molecule has 2 amide bonds. The van der Waals surface area contributed by atoms with Crippen molar-refractivity contribution >= 4 is 46.7 Å². The molecule has 0 atom stereocenters. The molecule has 0 spiro atoms. The molecule has 0 saturated carbocycles. The first-order valence-corrected chi connectivity index (χ1v) is 5.83. The normalized spacial score (nSPS) is 9.84. The third-order valence-electron chi connectivity index (χ3n) is 2.05. The summed E-state index contributed by atoms with van der Waals surface area (Å²) in [5, 5.41) is 13.5. The first kappa shape index (κ1) is 15.3. The van der Waals surface area contributed by atoms with Crippen LogP contribution in [0, 0.1) is 0 Å². The molecule has 0 heterocycles. The minimum Gasteiger partial charge on any atom is -0.478 e. The van der Waals surface area contributed by atoms with Gasteiger partial charge in [0.05, 0.1) is 27.8 Å². The third kappa shape index (κ3) is 4.42. The minimum atomic E-state index is -1.18. The lowest BCUT2D eigenvalue weighted by Crippen LogP contribution is -2.31. The Morgan fingerprint density at radius 3 is 2.16 bits per heavy atom. The van der Waals surface area contributed by atoms with Gasteiger partial charge in [0.25, 0.3) is 0 Å². The number of hydrogen-bond acceptors (Lipinski definition) is 3. The van der Waals surface area contributed by atoms with Gasteiger partial charge in [-0.25, -0.2) is 4.79 Å². The summed E-state index contributed by atoms with van der Waals surface area (Å²) in [7, 11) is 0. The molecule has 1 aromatic rings. The summed E-state index contributed by atoms with van der Waals surface area (Å²) in [6.45, 7) is 1.04. The second-order valence-electron chi connectivity index (χ2n) is 3.58. The summed E-state index contributed by atoms with van der Waals surface area (Å²) in [6.07, 6.45) is 0. The van der Waals surface area contributed by atoms with Gasteiger partial charge in [0.1, 0.15) is 0 Å². The van der Waals surface area contributed by atoms with Crippen molar-refractivity contribution in [3.8, 4) is 0 Å². The van der Waals surface area contributed by atoms with Crippen molar-refractivity contribution in [2.45, 2.75) is 6.92 Å². The number of rotatable bonds is 4. The van der Waals surface area contributed by atoms with Gasteiger partial charge in [0.2, 0.25) is 11.8 Å². The highest BCUT2D eigenvalue weighted by atomic mass is 35.5. The standard InChI is InChI=1S/C11H10Cl2N2O4/c1-5(16)14-4-9(17)15-10-7(12)2-6(11(18)19)3-8(10)13/h2-3H,4H2,1H3,(H,14,16)(H,15,17)(H,18,19). The molecule has 0 saturated heterocycles. The molecule has 8 heteroatoms. The maximum atomic E-state index is 11.5. The topological polar surface area (TPSA) is 95.5 Å². The number of carbonyl (C=O) groups excluding carboxylic acids is 2. The number of amides is 2. The summed E-state index contributed by atoms with van der Waals surface area (Å²) >= 11 is 11.7. The predicted octanol–water partition coefficient (Wildman–Crippen LogP) is 1.77. The maximum Gasteiger partial charge on any atom is 0.335 e. The number of aromatic carboxylic acids is 1. The molecular formula is C11H10Cl2N2O4. The van der Waals surface area contributed by atoms with Crippen LogP contribution < -0.4 is 10.6 Å². The van der Waals surface area contributed by atoms with E-state index in [2.05, 4.69) is 10.6 Å². The van der Waals surface area contributed by atoms with E-state index in [0.717, 1.165) is 0 Å². The highest BCUT2D eigenvalue weighted by Crippen LogP contribution is 2.31. The molecule has 6 nitrogen and oxygen atoms in total. The zero-order valence-electron chi connectivity index (χ0n) is 9.79. The summed E-state index contributed by atoms with van der Waals surface area (Å²) in [4.78, 5) is 32.9. The smallest absolute Gasteiger partial charge is 0.335 e. The summed E-state index contributed by atoms with van der Waals surface area (Å²) < 4.78 is 0. The number of anilines is 1. The monoisotopic (exact) mass is 304 g/mol. The van der Waals surface area contributed by atoms with Gasteiger partial charge >= 0.3 is 5.97 Å². The maximum absolute atomic E-state index is 11.5. The van der Waals surface area contributed by atoms with Crippen molar-refractivity contribution in [3.05, 3.63) is 27.7 Å².